The Balaban J connectivity index is 1.77. The van der Waals surface area contributed by atoms with Gasteiger partial charge in [-0.15, -0.1) is 0 Å². The number of aromatic nitrogens is 3. The highest BCUT2D eigenvalue weighted by molar-refractivity contribution is 6.11. The minimum atomic E-state index is -0.364. The second-order valence-corrected chi connectivity index (χ2v) is 6.39. The molecular weight excluding hydrogens is 344 g/mol. The number of carbonyl (C=O) groups excluding carboxylic acids is 2. The van der Waals surface area contributed by atoms with Crippen molar-refractivity contribution in [3.8, 4) is 0 Å². The number of nitrogens with one attached hydrogen (secondary N) is 1. The maximum Gasteiger partial charge on any atom is 0.324 e. The van der Waals surface area contributed by atoms with Gasteiger partial charge in [-0.05, 0) is 18.6 Å². The number of amides is 3. The van der Waals surface area contributed by atoms with Crippen molar-refractivity contribution in [2.24, 2.45) is 0 Å². The number of fused-ring (bicyclic) bond motifs is 1. The van der Waals surface area contributed by atoms with Crippen molar-refractivity contribution in [1.29, 1.82) is 0 Å². The molecule has 3 amide bonds. The van der Waals surface area contributed by atoms with Crippen LogP contribution >= 0.6 is 0 Å². The lowest BCUT2D eigenvalue weighted by Gasteiger charge is -2.21. The smallest absolute Gasteiger partial charge is 0.324 e. The van der Waals surface area contributed by atoms with Gasteiger partial charge in [0.05, 0.1) is 23.1 Å². The molecule has 4 rings (SSSR count). The fraction of sp³-hybridized carbons (Fsp3) is 0.211. The summed E-state index contributed by atoms with van der Waals surface area (Å²) >= 11 is 0. The second-order valence-electron chi connectivity index (χ2n) is 6.39. The van der Waals surface area contributed by atoms with Gasteiger partial charge in [0, 0.05) is 44.1 Å². The van der Waals surface area contributed by atoms with Crippen LogP contribution in [0.25, 0.3) is 10.9 Å². The zero-order valence-electron chi connectivity index (χ0n) is 15.0. The number of likely N-dealkylation sites (N-methyl/N-ethyl adjacent to an activating group) is 1. The molecule has 8 nitrogen and oxygen atoms in total. The number of pyridine rings is 1. The van der Waals surface area contributed by atoms with Crippen LogP contribution in [0.15, 0.2) is 43.0 Å². The summed E-state index contributed by atoms with van der Waals surface area (Å²) in [5, 5.41) is 3.66. The molecule has 3 aromatic rings. The van der Waals surface area contributed by atoms with Crippen molar-refractivity contribution in [1.82, 2.24) is 19.9 Å². The number of urea groups is 1. The molecule has 3 heterocycles. The Hall–Kier alpha value is -3.55. The van der Waals surface area contributed by atoms with Crippen molar-refractivity contribution in [2.45, 2.75) is 6.92 Å². The quantitative estimate of drug-likeness (QED) is 0.773. The molecule has 0 bridgehead atoms. The standard InChI is InChI=1S/C19H18N6O2/c1-12-10-22-16-13(17(12)25-9-8-24(2)19(25)27)4-3-5-14(16)23-18(26)15-11-20-6-7-21-15/h3-7,10-11H,8-9H2,1-2H3,(H,23,26). The van der Waals surface area contributed by atoms with Crippen molar-refractivity contribution in [2.75, 3.05) is 30.4 Å². The van der Waals surface area contributed by atoms with E-state index >= 15 is 0 Å². The molecule has 2 aromatic heterocycles. The molecule has 0 saturated carbocycles. The van der Waals surface area contributed by atoms with E-state index in [2.05, 4.69) is 20.3 Å². The van der Waals surface area contributed by atoms with E-state index in [0.29, 0.717) is 24.3 Å². The average molecular weight is 362 g/mol. The van der Waals surface area contributed by atoms with Crippen molar-refractivity contribution in [3.63, 3.8) is 0 Å². The highest BCUT2D eigenvalue weighted by Gasteiger charge is 2.29. The SMILES string of the molecule is Cc1cnc2c(NC(=O)c3cnccn3)cccc2c1N1CCN(C)C1=O. The summed E-state index contributed by atoms with van der Waals surface area (Å²) in [5.41, 5.74) is 3.13. The summed E-state index contributed by atoms with van der Waals surface area (Å²) in [6.07, 6.45) is 6.10. The predicted molar refractivity (Wildman–Crippen MR) is 102 cm³/mol. The zero-order chi connectivity index (χ0) is 19.0. The Morgan fingerprint density at radius 2 is 2.00 bits per heavy atom. The number of rotatable bonds is 3. The lowest BCUT2D eigenvalue weighted by atomic mass is 10.1. The molecule has 1 N–H and O–H groups in total. The Kier molecular flexibility index (Phi) is 4.15. The minimum Gasteiger partial charge on any atom is -0.326 e. The van der Waals surface area contributed by atoms with Gasteiger partial charge in [0.15, 0.2) is 0 Å². The van der Waals surface area contributed by atoms with Crippen LogP contribution in [0.5, 0.6) is 0 Å². The number of anilines is 2. The lowest BCUT2D eigenvalue weighted by molar-refractivity contribution is 0.102. The normalized spacial score (nSPS) is 14.1. The Labute approximate surface area is 155 Å². The third-order valence-corrected chi connectivity index (χ3v) is 4.58. The van der Waals surface area contributed by atoms with E-state index in [1.165, 1.54) is 18.6 Å². The van der Waals surface area contributed by atoms with E-state index in [1.54, 1.807) is 29.1 Å². The van der Waals surface area contributed by atoms with E-state index in [0.717, 1.165) is 16.6 Å². The molecule has 1 aliphatic heterocycles. The number of para-hydroxylation sites is 1. The van der Waals surface area contributed by atoms with Gasteiger partial charge in [0.25, 0.3) is 5.91 Å². The molecule has 8 heteroatoms. The molecule has 1 aromatic carbocycles. The Morgan fingerprint density at radius 1 is 1.15 bits per heavy atom. The number of aryl methyl sites for hydroxylation is 1. The van der Waals surface area contributed by atoms with E-state index < -0.39 is 0 Å². The van der Waals surface area contributed by atoms with Crippen molar-refractivity contribution >= 4 is 34.2 Å². The molecular formula is C19H18N6O2. The molecule has 136 valence electrons. The fourth-order valence-corrected chi connectivity index (χ4v) is 3.23. The summed E-state index contributed by atoms with van der Waals surface area (Å²) in [5.74, 6) is -0.364. The first-order valence-corrected chi connectivity index (χ1v) is 8.54. The van der Waals surface area contributed by atoms with Crippen LogP contribution in [-0.2, 0) is 0 Å². The maximum absolute atomic E-state index is 12.5. The number of nitrogens with zero attached hydrogens (tertiary/aromatic N) is 5. The van der Waals surface area contributed by atoms with Gasteiger partial charge in [0.2, 0.25) is 0 Å². The lowest BCUT2D eigenvalue weighted by Crippen LogP contribution is -2.30. The van der Waals surface area contributed by atoms with Gasteiger partial charge < -0.3 is 10.2 Å². The molecule has 1 saturated heterocycles. The first-order valence-electron chi connectivity index (χ1n) is 8.54. The maximum atomic E-state index is 12.5. The van der Waals surface area contributed by atoms with Gasteiger partial charge in [-0.25, -0.2) is 9.78 Å². The summed E-state index contributed by atoms with van der Waals surface area (Å²) in [6.45, 7) is 3.22. The van der Waals surface area contributed by atoms with Gasteiger partial charge in [0.1, 0.15) is 5.69 Å². The Bertz CT molecular complexity index is 1040. The summed E-state index contributed by atoms with van der Waals surface area (Å²) < 4.78 is 0. The van der Waals surface area contributed by atoms with Gasteiger partial charge in [-0.2, -0.15) is 0 Å². The molecule has 0 radical (unpaired) electrons. The number of carbonyl (C=O) groups is 2. The van der Waals surface area contributed by atoms with Crippen LogP contribution in [-0.4, -0.2) is 51.9 Å². The third kappa shape index (κ3) is 2.95. The molecule has 0 spiro atoms. The van der Waals surface area contributed by atoms with Crippen LogP contribution in [0.2, 0.25) is 0 Å². The average Bonchev–Trinajstić information content (AvgIpc) is 3.01. The molecule has 0 atom stereocenters. The fourth-order valence-electron chi connectivity index (χ4n) is 3.23. The first kappa shape index (κ1) is 16.9. The monoisotopic (exact) mass is 362 g/mol. The van der Waals surface area contributed by atoms with Crippen molar-refractivity contribution in [3.05, 3.63) is 54.2 Å². The van der Waals surface area contributed by atoms with E-state index in [4.69, 9.17) is 0 Å². The second kappa shape index (κ2) is 6.64. The van der Waals surface area contributed by atoms with E-state index in [1.807, 2.05) is 19.1 Å². The third-order valence-electron chi connectivity index (χ3n) is 4.58. The zero-order valence-corrected chi connectivity index (χ0v) is 15.0. The van der Waals surface area contributed by atoms with Crippen molar-refractivity contribution < 1.29 is 9.59 Å². The summed E-state index contributed by atoms with van der Waals surface area (Å²) in [4.78, 5) is 40.8. The van der Waals surface area contributed by atoms with E-state index in [-0.39, 0.29) is 17.6 Å². The molecule has 1 aliphatic rings. The first-order chi connectivity index (χ1) is 13.1. The highest BCUT2D eigenvalue weighted by atomic mass is 16.2. The largest absolute Gasteiger partial charge is 0.326 e. The van der Waals surface area contributed by atoms with Gasteiger partial charge in [-0.3, -0.25) is 19.7 Å². The Morgan fingerprint density at radius 3 is 2.70 bits per heavy atom. The van der Waals surface area contributed by atoms with Crippen LogP contribution in [0, 0.1) is 6.92 Å². The van der Waals surface area contributed by atoms with Crippen LogP contribution in [0.1, 0.15) is 16.1 Å². The van der Waals surface area contributed by atoms with E-state index in [9.17, 15) is 9.59 Å². The summed E-state index contributed by atoms with van der Waals surface area (Å²) in [7, 11) is 1.79. The van der Waals surface area contributed by atoms with Gasteiger partial charge >= 0.3 is 6.03 Å². The predicted octanol–water partition coefficient (Wildman–Crippen LogP) is 2.46. The minimum absolute atomic E-state index is 0.0420. The highest BCUT2D eigenvalue weighted by Crippen LogP contribution is 2.34. The number of hydrogen-bond acceptors (Lipinski definition) is 5. The van der Waals surface area contributed by atoms with Crippen LogP contribution in [0.3, 0.4) is 0 Å². The molecule has 27 heavy (non-hydrogen) atoms. The summed E-state index contributed by atoms with van der Waals surface area (Å²) in [6, 6.07) is 5.48. The molecule has 0 aliphatic carbocycles. The topological polar surface area (TPSA) is 91.3 Å². The molecule has 0 unspecified atom stereocenters. The number of benzene rings is 1. The van der Waals surface area contributed by atoms with Crippen LogP contribution < -0.4 is 10.2 Å². The molecule has 1 fully saturated rings. The number of hydrogen-bond donors (Lipinski definition) is 1. The van der Waals surface area contributed by atoms with Crippen LogP contribution in [0.4, 0.5) is 16.2 Å². The van der Waals surface area contributed by atoms with Gasteiger partial charge in [-0.1, -0.05) is 12.1 Å².